The largest absolute Gasteiger partial charge is 0.508 e. The lowest BCUT2D eigenvalue weighted by atomic mass is 9.97. The molecular weight excluding hydrogens is 196 g/mol. The van der Waals surface area contributed by atoms with Crippen molar-refractivity contribution in [3.8, 4) is 16.9 Å². The van der Waals surface area contributed by atoms with Crippen molar-refractivity contribution < 1.29 is 5.11 Å². The molecule has 0 aromatic heterocycles. The molecule has 0 fully saturated rings. The number of aromatic hydroxyl groups is 1. The second-order valence-corrected chi connectivity index (χ2v) is 4.32. The van der Waals surface area contributed by atoms with Gasteiger partial charge in [-0.3, -0.25) is 0 Å². The van der Waals surface area contributed by atoms with Crippen LogP contribution in [0.4, 0.5) is 0 Å². The molecule has 1 nitrogen and oxygen atoms in total. The summed E-state index contributed by atoms with van der Waals surface area (Å²) in [5.74, 6) is 0.360. The molecule has 0 bridgehead atoms. The molecule has 0 heterocycles. The maximum atomic E-state index is 9.72. The van der Waals surface area contributed by atoms with Crippen molar-refractivity contribution in [3.63, 3.8) is 0 Å². The minimum atomic E-state index is 0.360. The Morgan fingerprint density at radius 2 is 1.50 bits per heavy atom. The Morgan fingerprint density at radius 1 is 0.812 bits per heavy atom. The number of hydrogen-bond acceptors (Lipinski definition) is 1. The van der Waals surface area contributed by atoms with Crippen molar-refractivity contribution in [2.24, 2.45) is 0 Å². The molecule has 0 aliphatic heterocycles. The maximum absolute atomic E-state index is 9.72. The molecule has 2 aromatic carbocycles. The minimum Gasteiger partial charge on any atom is -0.508 e. The second-order valence-electron chi connectivity index (χ2n) is 4.32. The minimum absolute atomic E-state index is 0.360. The molecule has 82 valence electrons. The Morgan fingerprint density at radius 3 is 2.19 bits per heavy atom. The highest BCUT2D eigenvalue weighted by Crippen LogP contribution is 2.28. The van der Waals surface area contributed by atoms with Crippen molar-refractivity contribution >= 4 is 0 Å². The van der Waals surface area contributed by atoms with Gasteiger partial charge in [-0.2, -0.15) is 0 Å². The van der Waals surface area contributed by atoms with Crippen LogP contribution in [0, 0.1) is 20.8 Å². The summed E-state index contributed by atoms with van der Waals surface area (Å²) in [5.41, 5.74) is 5.64. The van der Waals surface area contributed by atoms with Crippen LogP contribution in [0.15, 0.2) is 36.4 Å². The van der Waals surface area contributed by atoms with Crippen LogP contribution in [0.3, 0.4) is 0 Å². The van der Waals surface area contributed by atoms with Crippen LogP contribution in [0.25, 0.3) is 11.1 Å². The summed E-state index contributed by atoms with van der Waals surface area (Å²) >= 11 is 0. The molecule has 0 aliphatic carbocycles. The Kier molecular flexibility index (Phi) is 2.69. The second kappa shape index (κ2) is 4.01. The molecule has 0 saturated carbocycles. The molecule has 0 radical (unpaired) electrons. The lowest BCUT2D eigenvalue weighted by Crippen LogP contribution is -1.85. The molecule has 0 saturated heterocycles. The van der Waals surface area contributed by atoms with E-state index in [0.717, 1.165) is 11.1 Å². The van der Waals surface area contributed by atoms with Gasteiger partial charge >= 0.3 is 0 Å². The van der Waals surface area contributed by atoms with Gasteiger partial charge in [-0.15, -0.1) is 0 Å². The standard InChI is InChI=1S/C15H16O/c1-10-4-5-11(2)14(8-10)13-7-6-12(3)15(16)9-13/h4-9,16H,1-3H3. The first-order valence-electron chi connectivity index (χ1n) is 5.45. The SMILES string of the molecule is Cc1ccc(C)c(-c2ccc(C)c(O)c2)c1. The number of hydrogen-bond donors (Lipinski definition) is 1. The van der Waals surface area contributed by atoms with Gasteiger partial charge in [0.25, 0.3) is 0 Å². The number of phenols is 1. The molecule has 16 heavy (non-hydrogen) atoms. The lowest BCUT2D eigenvalue weighted by Gasteiger charge is -2.08. The normalized spacial score (nSPS) is 10.4. The van der Waals surface area contributed by atoms with E-state index < -0.39 is 0 Å². The van der Waals surface area contributed by atoms with Gasteiger partial charge in [0.1, 0.15) is 5.75 Å². The average molecular weight is 212 g/mol. The molecule has 1 N–H and O–H groups in total. The molecule has 0 atom stereocenters. The zero-order valence-corrected chi connectivity index (χ0v) is 9.91. The van der Waals surface area contributed by atoms with E-state index in [4.69, 9.17) is 0 Å². The third-order valence-corrected chi connectivity index (χ3v) is 2.91. The molecule has 0 spiro atoms. The van der Waals surface area contributed by atoms with Gasteiger partial charge in [0.2, 0.25) is 0 Å². The predicted molar refractivity (Wildman–Crippen MR) is 67.8 cm³/mol. The zero-order valence-electron chi connectivity index (χ0n) is 9.91. The first kappa shape index (κ1) is 10.7. The van der Waals surface area contributed by atoms with E-state index in [2.05, 4.69) is 38.1 Å². The van der Waals surface area contributed by atoms with Crippen LogP contribution in [0.2, 0.25) is 0 Å². The summed E-state index contributed by atoms with van der Waals surface area (Å²) in [6.07, 6.45) is 0. The van der Waals surface area contributed by atoms with Gasteiger partial charge in [-0.1, -0.05) is 35.9 Å². The summed E-state index contributed by atoms with van der Waals surface area (Å²) in [6.45, 7) is 6.07. The Balaban J connectivity index is 2.58. The van der Waals surface area contributed by atoms with Gasteiger partial charge in [0.05, 0.1) is 0 Å². The highest BCUT2D eigenvalue weighted by Gasteiger charge is 2.04. The Hall–Kier alpha value is -1.76. The molecular formula is C15H16O. The van der Waals surface area contributed by atoms with Crippen molar-refractivity contribution in [1.29, 1.82) is 0 Å². The van der Waals surface area contributed by atoms with Crippen LogP contribution >= 0.6 is 0 Å². The van der Waals surface area contributed by atoms with E-state index >= 15 is 0 Å². The highest BCUT2D eigenvalue weighted by atomic mass is 16.3. The molecule has 1 heteroatoms. The van der Waals surface area contributed by atoms with E-state index in [-0.39, 0.29) is 0 Å². The first-order valence-corrected chi connectivity index (χ1v) is 5.45. The van der Waals surface area contributed by atoms with Crippen LogP contribution in [-0.2, 0) is 0 Å². The Labute approximate surface area is 96.4 Å². The molecule has 0 amide bonds. The van der Waals surface area contributed by atoms with Gasteiger partial charge < -0.3 is 5.11 Å². The summed E-state index contributed by atoms with van der Waals surface area (Å²) in [4.78, 5) is 0. The third-order valence-electron chi connectivity index (χ3n) is 2.91. The molecule has 0 unspecified atom stereocenters. The number of rotatable bonds is 1. The smallest absolute Gasteiger partial charge is 0.119 e. The van der Waals surface area contributed by atoms with E-state index in [1.807, 2.05) is 19.1 Å². The topological polar surface area (TPSA) is 20.2 Å². The fourth-order valence-corrected chi connectivity index (χ4v) is 1.82. The van der Waals surface area contributed by atoms with E-state index in [1.165, 1.54) is 16.7 Å². The highest BCUT2D eigenvalue weighted by molar-refractivity contribution is 5.69. The van der Waals surface area contributed by atoms with Crippen LogP contribution in [0.1, 0.15) is 16.7 Å². The quantitative estimate of drug-likeness (QED) is 0.758. The summed E-state index contributed by atoms with van der Waals surface area (Å²) in [7, 11) is 0. The lowest BCUT2D eigenvalue weighted by molar-refractivity contribution is 0.471. The average Bonchev–Trinajstić information content (AvgIpc) is 2.26. The number of aryl methyl sites for hydroxylation is 3. The zero-order chi connectivity index (χ0) is 11.7. The third kappa shape index (κ3) is 1.94. The molecule has 2 rings (SSSR count). The predicted octanol–water partition coefficient (Wildman–Crippen LogP) is 3.98. The summed E-state index contributed by atoms with van der Waals surface area (Å²) in [5, 5.41) is 9.72. The molecule has 0 aliphatic rings. The summed E-state index contributed by atoms with van der Waals surface area (Å²) in [6, 6.07) is 12.2. The van der Waals surface area contributed by atoms with Crippen molar-refractivity contribution in [2.75, 3.05) is 0 Å². The van der Waals surface area contributed by atoms with E-state index in [0.29, 0.717) is 5.75 Å². The monoisotopic (exact) mass is 212 g/mol. The fraction of sp³-hybridized carbons (Fsp3) is 0.200. The van der Waals surface area contributed by atoms with Crippen LogP contribution in [0.5, 0.6) is 5.75 Å². The van der Waals surface area contributed by atoms with Gasteiger partial charge in [0, 0.05) is 0 Å². The van der Waals surface area contributed by atoms with Crippen molar-refractivity contribution in [2.45, 2.75) is 20.8 Å². The van der Waals surface area contributed by atoms with Crippen LogP contribution in [-0.4, -0.2) is 5.11 Å². The summed E-state index contributed by atoms with van der Waals surface area (Å²) < 4.78 is 0. The van der Waals surface area contributed by atoms with Gasteiger partial charge in [-0.05, 0) is 49.1 Å². The fourth-order valence-electron chi connectivity index (χ4n) is 1.82. The van der Waals surface area contributed by atoms with E-state index in [9.17, 15) is 5.11 Å². The van der Waals surface area contributed by atoms with E-state index in [1.54, 1.807) is 0 Å². The maximum Gasteiger partial charge on any atom is 0.119 e. The Bertz CT molecular complexity index is 527. The van der Waals surface area contributed by atoms with Gasteiger partial charge in [-0.25, -0.2) is 0 Å². The van der Waals surface area contributed by atoms with Gasteiger partial charge in [0.15, 0.2) is 0 Å². The number of phenolic OH excluding ortho intramolecular Hbond substituents is 1. The molecule has 2 aromatic rings. The van der Waals surface area contributed by atoms with Crippen molar-refractivity contribution in [1.82, 2.24) is 0 Å². The van der Waals surface area contributed by atoms with Crippen molar-refractivity contribution in [3.05, 3.63) is 53.1 Å². The number of benzene rings is 2. The first-order chi connectivity index (χ1) is 7.58. The van der Waals surface area contributed by atoms with Crippen LogP contribution < -0.4 is 0 Å².